The Labute approximate surface area is 149 Å². The third-order valence-corrected chi connectivity index (χ3v) is 3.49. The van der Waals surface area contributed by atoms with Crippen LogP contribution >= 0.6 is 11.6 Å². The first kappa shape index (κ1) is 16.7. The molecule has 0 fully saturated rings. The molecule has 0 bridgehead atoms. The number of benzene rings is 2. The molecular weight excluding hydrogens is 338 g/mol. The van der Waals surface area contributed by atoms with Crippen molar-refractivity contribution in [2.45, 2.75) is 0 Å². The third kappa shape index (κ3) is 4.89. The van der Waals surface area contributed by atoms with Gasteiger partial charge in [-0.2, -0.15) is 5.10 Å². The topological polar surface area (TPSA) is 63.6 Å². The summed E-state index contributed by atoms with van der Waals surface area (Å²) >= 11 is 5.83. The maximum absolute atomic E-state index is 11.9. The number of hydrogen-bond donors (Lipinski definition) is 1. The summed E-state index contributed by atoms with van der Waals surface area (Å²) in [6, 6.07) is 17.6. The number of aromatic nitrogens is 1. The fourth-order valence-electron chi connectivity index (χ4n) is 1.98. The molecule has 0 saturated heterocycles. The second-order valence-electron chi connectivity index (χ2n) is 5.08. The van der Waals surface area contributed by atoms with Crippen LogP contribution in [-0.2, 0) is 0 Å². The van der Waals surface area contributed by atoms with Crippen LogP contribution in [0.1, 0.15) is 15.9 Å². The molecule has 0 aliphatic heterocycles. The van der Waals surface area contributed by atoms with Gasteiger partial charge in [-0.25, -0.2) is 4.79 Å². The van der Waals surface area contributed by atoms with Crippen LogP contribution in [0.15, 0.2) is 78.2 Å². The van der Waals surface area contributed by atoms with Gasteiger partial charge in [0.25, 0.3) is 0 Å². The molecule has 0 spiro atoms. The average molecular weight is 352 g/mol. The summed E-state index contributed by atoms with van der Waals surface area (Å²) in [6.07, 6.45) is 4.73. The van der Waals surface area contributed by atoms with E-state index in [4.69, 9.17) is 16.3 Å². The van der Waals surface area contributed by atoms with Gasteiger partial charge in [0.1, 0.15) is 5.75 Å². The highest BCUT2D eigenvalue weighted by Gasteiger charge is 2.07. The molecule has 3 aromatic rings. The van der Waals surface area contributed by atoms with Gasteiger partial charge in [-0.05, 0) is 66.2 Å². The van der Waals surface area contributed by atoms with E-state index in [1.807, 2.05) is 12.1 Å². The van der Waals surface area contributed by atoms with Crippen molar-refractivity contribution in [1.82, 2.24) is 4.98 Å². The van der Waals surface area contributed by atoms with Crippen LogP contribution in [-0.4, -0.2) is 17.2 Å². The summed E-state index contributed by atoms with van der Waals surface area (Å²) in [4.78, 5) is 15.8. The molecule has 1 heterocycles. The largest absolute Gasteiger partial charge is 0.423 e. The molecule has 6 heteroatoms. The number of ether oxygens (including phenoxy) is 1. The van der Waals surface area contributed by atoms with Crippen LogP contribution in [0.25, 0.3) is 0 Å². The molecule has 0 radical (unpaired) electrons. The monoisotopic (exact) mass is 351 g/mol. The smallest absolute Gasteiger partial charge is 0.345 e. The van der Waals surface area contributed by atoms with Crippen molar-refractivity contribution >= 4 is 29.5 Å². The number of hydrazone groups is 1. The van der Waals surface area contributed by atoms with Crippen molar-refractivity contribution in [2.24, 2.45) is 5.10 Å². The first-order chi connectivity index (χ1) is 12.2. The quantitative estimate of drug-likeness (QED) is 0.320. The highest BCUT2D eigenvalue weighted by molar-refractivity contribution is 6.30. The van der Waals surface area contributed by atoms with Crippen molar-refractivity contribution in [3.8, 4) is 5.75 Å². The first-order valence-corrected chi connectivity index (χ1v) is 7.85. The van der Waals surface area contributed by atoms with E-state index >= 15 is 0 Å². The van der Waals surface area contributed by atoms with Crippen molar-refractivity contribution in [3.05, 3.63) is 89.2 Å². The summed E-state index contributed by atoms with van der Waals surface area (Å²) in [5, 5.41) is 4.82. The van der Waals surface area contributed by atoms with Gasteiger partial charge in [0.05, 0.1) is 17.5 Å². The first-order valence-electron chi connectivity index (χ1n) is 7.47. The van der Waals surface area contributed by atoms with Gasteiger partial charge in [0.15, 0.2) is 0 Å². The number of anilines is 1. The summed E-state index contributed by atoms with van der Waals surface area (Å²) in [6.45, 7) is 0. The van der Waals surface area contributed by atoms with Crippen LogP contribution in [0, 0.1) is 0 Å². The standard InChI is InChI=1S/C19H14ClN3O2/c20-16-5-7-17(8-6-16)23-22-12-14-3-9-18(10-4-14)25-19(24)15-2-1-11-21-13-15/h1-13,23H/b22-12+. The lowest BCUT2D eigenvalue weighted by atomic mass is 10.2. The maximum atomic E-state index is 11.9. The number of carbonyl (C=O) groups is 1. The molecule has 0 unspecified atom stereocenters. The molecule has 124 valence electrons. The number of esters is 1. The number of nitrogens with zero attached hydrogens (tertiary/aromatic N) is 2. The molecular formula is C19H14ClN3O2. The normalized spacial score (nSPS) is 10.6. The SMILES string of the molecule is O=C(Oc1ccc(/C=N/Nc2ccc(Cl)cc2)cc1)c1cccnc1. The molecule has 0 aliphatic rings. The van der Waals surface area contributed by atoms with Gasteiger partial charge >= 0.3 is 5.97 Å². The summed E-state index contributed by atoms with van der Waals surface area (Å²) in [5.74, 6) is 0.00980. The average Bonchev–Trinajstić information content (AvgIpc) is 2.65. The molecule has 0 aliphatic carbocycles. The molecule has 5 nitrogen and oxygen atoms in total. The van der Waals surface area contributed by atoms with Crippen LogP contribution in [0.3, 0.4) is 0 Å². The van der Waals surface area contributed by atoms with Gasteiger partial charge < -0.3 is 4.74 Å². The fourth-order valence-corrected chi connectivity index (χ4v) is 2.10. The lowest BCUT2D eigenvalue weighted by Crippen LogP contribution is -2.08. The molecule has 25 heavy (non-hydrogen) atoms. The molecule has 0 saturated carbocycles. The second kappa shape index (κ2) is 8.08. The number of pyridine rings is 1. The van der Waals surface area contributed by atoms with E-state index in [-0.39, 0.29) is 0 Å². The zero-order valence-corrected chi connectivity index (χ0v) is 13.9. The minimum absolute atomic E-state index is 0.403. The van der Waals surface area contributed by atoms with Crippen molar-refractivity contribution < 1.29 is 9.53 Å². The van der Waals surface area contributed by atoms with Crippen LogP contribution in [0.2, 0.25) is 5.02 Å². The number of hydrogen-bond acceptors (Lipinski definition) is 5. The van der Waals surface area contributed by atoms with E-state index in [1.54, 1.807) is 60.9 Å². The van der Waals surface area contributed by atoms with Crippen molar-refractivity contribution in [3.63, 3.8) is 0 Å². The van der Waals surface area contributed by atoms with E-state index in [0.29, 0.717) is 16.3 Å². The van der Waals surface area contributed by atoms with Gasteiger partial charge in [0, 0.05) is 17.4 Å². The Morgan fingerprint density at radius 3 is 2.52 bits per heavy atom. The van der Waals surface area contributed by atoms with Crippen LogP contribution < -0.4 is 10.2 Å². The minimum atomic E-state index is -0.445. The summed E-state index contributed by atoms with van der Waals surface area (Å²) < 4.78 is 5.29. The number of carbonyl (C=O) groups excluding carboxylic acids is 1. The van der Waals surface area contributed by atoms with E-state index in [2.05, 4.69) is 15.5 Å². The molecule has 0 amide bonds. The molecule has 0 atom stereocenters. The highest BCUT2D eigenvalue weighted by Crippen LogP contribution is 2.15. The van der Waals surface area contributed by atoms with E-state index in [9.17, 15) is 4.79 Å². The third-order valence-electron chi connectivity index (χ3n) is 3.24. The van der Waals surface area contributed by atoms with E-state index < -0.39 is 5.97 Å². The zero-order chi connectivity index (χ0) is 17.5. The predicted octanol–water partition coefficient (Wildman–Crippen LogP) is 4.40. The van der Waals surface area contributed by atoms with E-state index in [1.165, 1.54) is 6.20 Å². The van der Waals surface area contributed by atoms with Crippen LogP contribution in [0.5, 0.6) is 5.75 Å². The lowest BCUT2D eigenvalue weighted by molar-refractivity contribution is 0.0734. The van der Waals surface area contributed by atoms with Crippen molar-refractivity contribution in [1.29, 1.82) is 0 Å². The Hall–Kier alpha value is -3.18. The molecule has 1 N–H and O–H groups in total. The Morgan fingerprint density at radius 2 is 1.84 bits per heavy atom. The van der Waals surface area contributed by atoms with Crippen molar-refractivity contribution in [2.75, 3.05) is 5.43 Å². The van der Waals surface area contributed by atoms with Gasteiger partial charge in [0.2, 0.25) is 0 Å². The number of rotatable bonds is 5. The Balaban J connectivity index is 1.57. The lowest BCUT2D eigenvalue weighted by Gasteiger charge is -2.04. The zero-order valence-electron chi connectivity index (χ0n) is 13.1. The van der Waals surface area contributed by atoms with Crippen LogP contribution in [0.4, 0.5) is 5.69 Å². The number of halogens is 1. The Bertz CT molecular complexity index is 863. The second-order valence-corrected chi connectivity index (χ2v) is 5.51. The van der Waals surface area contributed by atoms with Gasteiger partial charge in [-0.15, -0.1) is 0 Å². The van der Waals surface area contributed by atoms with Gasteiger partial charge in [-0.1, -0.05) is 11.6 Å². The Kier molecular flexibility index (Phi) is 5.39. The molecule has 2 aromatic carbocycles. The molecule has 3 rings (SSSR count). The summed E-state index contributed by atoms with van der Waals surface area (Å²) in [5.41, 5.74) is 5.01. The Morgan fingerprint density at radius 1 is 1.08 bits per heavy atom. The maximum Gasteiger partial charge on any atom is 0.345 e. The highest BCUT2D eigenvalue weighted by atomic mass is 35.5. The predicted molar refractivity (Wildman–Crippen MR) is 98.3 cm³/mol. The number of nitrogens with one attached hydrogen (secondary N) is 1. The fraction of sp³-hybridized carbons (Fsp3) is 0. The molecule has 1 aromatic heterocycles. The van der Waals surface area contributed by atoms with Gasteiger partial charge in [-0.3, -0.25) is 10.4 Å². The van der Waals surface area contributed by atoms with E-state index in [0.717, 1.165) is 11.3 Å². The summed E-state index contributed by atoms with van der Waals surface area (Å²) in [7, 11) is 0. The minimum Gasteiger partial charge on any atom is -0.423 e.